The number of nitro groups is 1. The number of hydrogen-bond donors (Lipinski definition) is 0. The number of nitrogens with zero attached hydrogens (tertiary/aromatic N) is 2. The van der Waals surface area contributed by atoms with Gasteiger partial charge in [0.2, 0.25) is 0 Å². The highest BCUT2D eigenvalue weighted by Crippen LogP contribution is 2.27. The second kappa shape index (κ2) is 5.06. The van der Waals surface area contributed by atoms with Crippen LogP contribution < -0.4 is 4.90 Å². The Morgan fingerprint density at radius 3 is 2.33 bits per heavy atom. The summed E-state index contributed by atoms with van der Waals surface area (Å²) in [7, 11) is 1.88. The largest absolute Gasteiger partial charge is 0.345 e. The third-order valence-corrected chi connectivity index (χ3v) is 2.88. The zero-order valence-corrected chi connectivity index (χ0v) is 10.5. The maximum atomic E-state index is 10.6. The van der Waals surface area contributed by atoms with Gasteiger partial charge < -0.3 is 4.90 Å². The molecule has 0 saturated carbocycles. The fraction of sp³-hybridized carbons (Fsp3) is 0.0769. The lowest BCUT2D eigenvalue weighted by Gasteiger charge is -2.19. The summed E-state index contributed by atoms with van der Waals surface area (Å²) in [5.41, 5.74) is 1.87. The second-order valence-corrected chi connectivity index (χ2v) is 4.25. The molecule has 0 aliphatic carbocycles. The van der Waals surface area contributed by atoms with E-state index in [1.165, 1.54) is 12.1 Å². The molecule has 0 aromatic heterocycles. The Balaban J connectivity index is 2.28. The maximum Gasteiger partial charge on any atom is 0.269 e. The van der Waals surface area contributed by atoms with Crippen LogP contribution in [0.2, 0.25) is 5.02 Å². The molecule has 5 heteroatoms. The summed E-state index contributed by atoms with van der Waals surface area (Å²) >= 11 is 5.93. The van der Waals surface area contributed by atoms with E-state index in [0.29, 0.717) is 5.02 Å². The molecule has 2 rings (SSSR count). The number of rotatable bonds is 3. The lowest BCUT2D eigenvalue weighted by molar-refractivity contribution is -0.384. The monoisotopic (exact) mass is 262 g/mol. The standard InChI is InChI=1S/C13H11ClN2O2/c1-15(13-4-2-3-10(14)9-13)11-5-7-12(8-6-11)16(17)18/h2-9H,1H3. The van der Waals surface area contributed by atoms with E-state index in [-0.39, 0.29) is 5.69 Å². The van der Waals surface area contributed by atoms with E-state index in [9.17, 15) is 10.1 Å². The van der Waals surface area contributed by atoms with Crippen LogP contribution in [0.15, 0.2) is 48.5 Å². The molecule has 0 bridgehead atoms. The molecule has 0 atom stereocenters. The van der Waals surface area contributed by atoms with E-state index in [1.807, 2.05) is 30.1 Å². The number of non-ortho nitro benzene ring substituents is 1. The van der Waals surface area contributed by atoms with Crippen LogP contribution in [0.25, 0.3) is 0 Å². The van der Waals surface area contributed by atoms with Crippen molar-refractivity contribution in [2.24, 2.45) is 0 Å². The van der Waals surface area contributed by atoms with Gasteiger partial charge in [0.05, 0.1) is 4.92 Å². The smallest absolute Gasteiger partial charge is 0.269 e. The minimum atomic E-state index is -0.414. The number of halogens is 1. The second-order valence-electron chi connectivity index (χ2n) is 3.81. The predicted molar refractivity (Wildman–Crippen MR) is 72.6 cm³/mol. The van der Waals surface area contributed by atoms with Gasteiger partial charge in [0.25, 0.3) is 5.69 Å². The molecule has 18 heavy (non-hydrogen) atoms. The van der Waals surface area contributed by atoms with Gasteiger partial charge in [0.1, 0.15) is 0 Å². The van der Waals surface area contributed by atoms with Crippen molar-refractivity contribution in [1.29, 1.82) is 0 Å². The third kappa shape index (κ3) is 2.60. The summed E-state index contributed by atoms with van der Waals surface area (Å²) in [6.07, 6.45) is 0. The van der Waals surface area contributed by atoms with Gasteiger partial charge in [-0.25, -0.2) is 0 Å². The summed E-state index contributed by atoms with van der Waals surface area (Å²) in [5.74, 6) is 0. The Morgan fingerprint density at radius 1 is 1.11 bits per heavy atom. The molecule has 0 aliphatic heterocycles. The Kier molecular flexibility index (Phi) is 3.48. The van der Waals surface area contributed by atoms with Gasteiger partial charge in [-0.2, -0.15) is 0 Å². The highest BCUT2D eigenvalue weighted by atomic mass is 35.5. The van der Waals surface area contributed by atoms with E-state index in [4.69, 9.17) is 11.6 Å². The number of benzene rings is 2. The zero-order valence-electron chi connectivity index (χ0n) is 9.71. The van der Waals surface area contributed by atoms with Crippen molar-refractivity contribution >= 4 is 28.7 Å². The highest BCUT2D eigenvalue weighted by molar-refractivity contribution is 6.30. The van der Waals surface area contributed by atoms with Crippen LogP contribution in [0.5, 0.6) is 0 Å². The number of anilines is 2. The Hall–Kier alpha value is -2.07. The summed E-state index contributed by atoms with van der Waals surface area (Å²) in [6.45, 7) is 0. The van der Waals surface area contributed by atoms with Gasteiger partial charge in [-0.05, 0) is 30.3 Å². The lowest BCUT2D eigenvalue weighted by atomic mass is 10.2. The first-order valence-corrected chi connectivity index (χ1v) is 5.69. The van der Waals surface area contributed by atoms with Gasteiger partial charge in [0, 0.05) is 35.6 Å². The van der Waals surface area contributed by atoms with E-state index in [2.05, 4.69) is 0 Å². The summed E-state index contributed by atoms with van der Waals surface area (Å²) in [4.78, 5) is 12.1. The fourth-order valence-electron chi connectivity index (χ4n) is 1.63. The minimum absolute atomic E-state index is 0.0817. The van der Waals surface area contributed by atoms with Gasteiger partial charge in [-0.3, -0.25) is 10.1 Å². The van der Waals surface area contributed by atoms with E-state index in [1.54, 1.807) is 18.2 Å². The third-order valence-electron chi connectivity index (χ3n) is 2.64. The van der Waals surface area contributed by atoms with E-state index >= 15 is 0 Å². The van der Waals surface area contributed by atoms with Crippen LogP contribution in [-0.2, 0) is 0 Å². The zero-order chi connectivity index (χ0) is 13.1. The van der Waals surface area contributed by atoms with Crippen molar-refractivity contribution in [3.8, 4) is 0 Å². The number of hydrogen-bond acceptors (Lipinski definition) is 3. The Bertz CT molecular complexity index is 569. The topological polar surface area (TPSA) is 46.4 Å². The van der Waals surface area contributed by atoms with Gasteiger partial charge >= 0.3 is 0 Å². The SMILES string of the molecule is CN(c1ccc([N+](=O)[O-])cc1)c1cccc(Cl)c1. The first kappa shape index (κ1) is 12.4. The Morgan fingerprint density at radius 2 is 1.78 bits per heavy atom. The van der Waals surface area contributed by atoms with Crippen LogP contribution in [-0.4, -0.2) is 12.0 Å². The summed E-state index contributed by atoms with van der Waals surface area (Å²) in [6, 6.07) is 13.8. The number of nitro benzene ring substituents is 1. The average molecular weight is 263 g/mol. The molecule has 0 unspecified atom stereocenters. The molecule has 0 N–H and O–H groups in total. The normalized spacial score (nSPS) is 10.1. The lowest BCUT2D eigenvalue weighted by Crippen LogP contribution is -2.09. The van der Waals surface area contributed by atoms with Crippen molar-refractivity contribution in [2.45, 2.75) is 0 Å². The molecule has 2 aromatic rings. The van der Waals surface area contributed by atoms with Crippen molar-refractivity contribution in [2.75, 3.05) is 11.9 Å². The quantitative estimate of drug-likeness (QED) is 0.620. The van der Waals surface area contributed by atoms with Crippen molar-refractivity contribution in [1.82, 2.24) is 0 Å². The van der Waals surface area contributed by atoms with Gasteiger partial charge in [-0.1, -0.05) is 17.7 Å². The molecular weight excluding hydrogens is 252 g/mol. The molecule has 0 amide bonds. The maximum absolute atomic E-state index is 10.6. The summed E-state index contributed by atoms with van der Waals surface area (Å²) in [5, 5.41) is 11.2. The van der Waals surface area contributed by atoms with Crippen LogP contribution in [0.1, 0.15) is 0 Å². The molecular formula is C13H11ClN2O2. The predicted octanol–water partition coefficient (Wildman–Crippen LogP) is 4.02. The van der Waals surface area contributed by atoms with Crippen molar-refractivity contribution < 1.29 is 4.92 Å². The van der Waals surface area contributed by atoms with E-state index < -0.39 is 4.92 Å². The summed E-state index contributed by atoms with van der Waals surface area (Å²) < 4.78 is 0. The first-order chi connectivity index (χ1) is 8.58. The molecule has 0 saturated heterocycles. The van der Waals surface area contributed by atoms with Crippen LogP contribution >= 0.6 is 11.6 Å². The van der Waals surface area contributed by atoms with Crippen LogP contribution in [0.4, 0.5) is 17.1 Å². The van der Waals surface area contributed by atoms with Crippen molar-refractivity contribution in [3.05, 3.63) is 63.7 Å². The molecule has 2 aromatic carbocycles. The molecule has 0 aliphatic rings. The molecule has 0 spiro atoms. The first-order valence-electron chi connectivity index (χ1n) is 5.31. The van der Waals surface area contributed by atoms with Crippen molar-refractivity contribution in [3.63, 3.8) is 0 Å². The van der Waals surface area contributed by atoms with Gasteiger partial charge in [-0.15, -0.1) is 0 Å². The molecule has 4 nitrogen and oxygen atoms in total. The van der Waals surface area contributed by atoms with E-state index in [0.717, 1.165) is 11.4 Å². The molecule has 0 fully saturated rings. The van der Waals surface area contributed by atoms with Gasteiger partial charge in [0.15, 0.2) is 0 Å². The Labute approximate surface area is 110 Å². The minimum Gasteiger partial charge on any atom is -0.345 e. The molecule has 92 valence electrons. The molecule has 0 radical (unpaired) electrons. The van der Waals surface area contributed by atoms with Crippen LogP contribution in [0, 0.1) is 10.1 Å². The van der Waals surface area contributed by atoms with Crippen LogP contribution in [0.3, 0.4) is 0 Å². The fourth-order valence-corrected chi connectivity index (χ4v) is 1.82. The highest BCUT2D eigenvalue weighted by Gasteiger charge is 2.08. The molecule has 0 heterocycles. The average Bonchev–Trinajstić information content (AvgIpc) is 2.38.